The predicted octanol–water partition coefficient (Wildman–Crippen LogP) is 1.47. The summed E-state index contributed by atoms with van der Waals surface area (Å²) in [6, 6.07) is 0. The number of hydrogen-bond acceptors (Lipinski definition) is 5. The van der Waals surface area contributed by atoms with Crippen LogP contribution in [-0.4, -0.2) is 59.9 Å². The van der Waals surface area contributed by atoms with E-state index in [-0.39, 0.29) is 17.8 Å². The van der Waals surface area contributed by atoms with Crippen molar-refractivity contribution in [3.8, 4) is 0 Å². The first kappa shape index (κ1) is 14.3. The second-order valence-corrected chi connectivity index (χ2v) is 6.61. The van der Waals surface area contributed by atoms with E-state index in [1.54, 1.807) is 11.9 Å². The third kappa shape index (κ3) is 2.14. The molecular weight excluding hydrogens is 300 g/mol. The van der Waals surface area contributed by atoms with Gasteiger partial charge in [0.15, 0.2) is 11.4 Å². The number of amides is 2. The molecule has 3 heterocycles. The number of fused-ring (bicyclic) bond motifs is 1. The van der Waals surface area contributed by atoms with Crippen molar-refractivity contribution in [1.82, 2.24) is 9.80 Å². The number of carbonyl (C=O) groups is 3. The summed E-state index contributed by atoms with van der Waals surface area (Å²) in [6.45, 7) is 1.35. The molecule has 0 bridgehead atoms. The number of furan rings is 1. The molecule has 0 unspecified atom stereocenters. The molecule has 2 saturated heterocycles. The number of nitrogens with zero attached hydrogens (tertiary/aromatic N) is 2. The lowest BCUT2D eigenvalue weighted by Crippen LogP contribution is -2.39. The molecule has 0 radical (unpaired) electrons. The third-order valence-electron chi connectivity index (χ3n) is 4.93. The number of hydrogen-bond donors (Lipinski definition) is 0. The highest BCUT2D eigenvalue weighted by Gasteiger charge is 2.50. The maximum atomic E-state index is 12.8. The van der Waals surface area contributed by atoms with Crippen LogP contribution in [0.2, 0.25) is 0 Å². The van der Waals surface area contributed by atoms with Crippen molar-refractivity contribution < 1.29 is 23.5 Å². The van der Waals surface area contributed by atoms with E-state index in [1.807, 2.05) is 0 Å². The number of aryl methyl sites for hydroxylation is 1. The van der Waals surface area contributed by atoms with Crippen LogP contribution in [0.25, 0.3) is 0 Å². The fourth-order valence-corrected chi connectivity index (χ4v) is 3.77. The summed E-state index contributed by atoms with van der Waals surface area (Å²) in [4.78, 5) is 39.7. The maximum absolute atomic E-state index is 12.8. The molecule has 122 valence electrons. The summed E-state index contributed by atoms with van der Waals surface area (Å²) in [7, 11) is 1.69. The second kappa shape index (κ2) is 4.84. The molecule has 3 aliphatic rings. The van der Waals surface area contributed by atoms with Gasteiger partial charge in [0.05, 0.1) is 24.2 Å². The van der Waals surface area contributed by atoms with Crippen molar-refractivity contribution >= 4 is 17.8 Å². The van der Waals surface area contributed by atoms with E-state index in [4.69, 9.17) is 9.15 Å². The van der Waals surface area contributed by atoms with Crippen LogP contribution in [-0.2, 0) is 11.2 Å². The predicted molar refractivity (Wildman–Crippen MR) is 78.3 cm³/mol. The van der Waals surface area contributed by atoms with Crippen molar-refractivity contribution in [2.45, 2.75) is 31.3 Å². The quantitative estimate of drug-likeness (QED) is 0.783. The van der Waals surface area contributed by atoms with E-state index in [0.29, 0.717) is 55.8 Å². The number of Topliss-reactive ketones (excluding diaryl/α,β-unsaturated/α-hetero) is 1. The van der Waals surface area contributed by atoms with Gasteiger partial charge in [-0.25, -0.2) is 4.79 Å². The summed E-state index contributed by atoms with van der Waals surface area (Å²) in [6.07, 6.45) is 3.58. The molecule has 2 amide bonds. The topological polar surface area (TPSA) is 80.1 Å². The first-order valence-electron chi connectivity index (χ1n) is 7.86. The van der Waals surface area contributed by atoms with Crippen LogP contribution < -0.4 is 0 Å². The van der Waals surface area contributed by atoms with E-state index in [0.717, 1.165) is 6.42 Å². The van der Waals surface area contributed by atoms with Gasteiger partial charge in [0, 0.05) is 32.9 Å². The Morgan fingerprint density at radius 3 is 2.83 bits per heavy atom. The van der Waals surface area contributed by atoms with E-state index in [2.05, 4.69) is 0 Å². The fourth-order valence-electron chi connectivity index (χ4n) is 3.77. The van der Waals surface area contributed by atoms with Crippen molar-refractivity contribution in [2.24, 2.45) is 0 Å². The van der Waals surface area contributed by atoms with Gasteiger partial charge < -0.3 is 19.0 Å². The Morgan fingerprint density at radius 2 is 2.09 bits per heavy atom. The van der Waals surface area contributed by atoms with Crippen molar-refractivity contribution in [1.29, 1.82) is 0 Å². The molecule has 1 spiro atoms. The number of ether oxygens (including phenoxy) is 1. The number of rotatable bonds is 1. The van der Waals surface area contributed by atoms with Crippen LogP contribution in [0, 0.1) is 0 Å². The van der Waals surface area contributed by atoms with Gasteiger partial charge in [-0.1, -0.05) is 0 Å². The van der Waals surface area contributed by atoms with Gasteiger partial charge >= 0.3 is 6.09 Å². The second-order valence-electron chi connectivity index (χ2n) is 6.61. The number of likely N-dealkylation sites (tertiary alicyclic amines) is 1. The van der Waals surface area contributed by atoms with E-state index >= 15 is 0 Å². The van der Waals surface area contributed by atoms with Gasteiger partial charge in [0.25, 0.3) is 5.91 Å². The van der Waals surface area contributed by atoms with E-state index in [9.17, 15) is 14.4 Å². The van der Waals surface area contributed by atoms with Gasteiger partial charge in [-0.3, -0.25) is 9.59 Å². The molecule has 23 heavy (non-hydrogen) atoms. The lowest BCUT2D eigenvalue weighted by molar-refractivity contribution is 0.0552. The minimum absolute atomic E-state index is 0.0238. The Bertz CT molecular complexity index is 709. The minimum Gasteiger partial charge on any atom is -0.468 e. The molecule has 2 fully saturated rings. The first-order chi connectivity index (χ1) is 11.0. The van der Waals surface area contributed by atoms with Crippen molar-refractivity contribution in [2.75, 3.05) is 26.7 Å². The molecule has 1 atom stereocenters. The van der Waals surface area contributed by atoms with Gasteiger partial charge in [-0.2, -0.15) is 0 Å². The van der Waals surface area contributed by atoms with Crippen molar-refractivity contribution in [3.05, 3.63) is 23.2 Å². The van der Waals surface area contributed by atoms with Gasteiger partial charge in [-0.05, 0) is 6.42 Å². The van der Waals surface area contributed by atoms with Crippen LogP contribution >= 0.6 is 0 Å². The summed E-state index contributed by atoms with van der Waals surface area (Å²) in [5.41, 5.74) is 0.178. The van der Waals surface area contributed by atoms with Gasteiger partial charge in [0.1, 0.15) is 12.0 Å². The highest BCUT2D eigenvalue weighted by atomic mass is 16.6. The van der Waals surface area contributed by atoms with Crippen LogP contribution in [0.5, 0.6) is 0 Å². The summed E-state index contributed by atoms with van der Waals surface area (Å²) < 4.78 is 10.9. The maximum Gasteiger partial charge on any atom is 0.410 e. The van der Waals surface area contributed by atoms with Crippen LogP contribution in [0.15, 0.2) is 10.7 Å². The normalized spacial score (nSPS) is 26.8. The molecule has 0 aromatic carbocycles. The van der Waals surface area contributed by atoms with Crippen molar-refractivity contribution in [3.63, 3.8) is 0 Å². The van der Waals surface area contributed by atoms with Crippen LogP contribution in [0.1, 0.15) is 45.7 Å². The zero-order chi connectivity index (χ0) is 16.2. The summed E-state index contributed by atoms with van der Waals surface area (Å²) >= 11 is 0. The Kier molecular flexibility index (Phi) is 3.01. The zero-order valence-corrected chi connectivity index (χ0v) is 13.0. The molecule has 4 rings (SSSR count). The smallest absolute Gasteiger partial charge is 0.410 e. The molecule has 0 N–H and O–H groups in total. The fraction of sp³-hybridized carbons (Fsp3) is 0.562. The number of carbonyl (C=O) groups excluding carboxylic acids is 3. The third-order valence-corrected chi connectivity index (χ3v) is 4.93. The Hall–Kier alpha value is -2.31. The lowest BCUT2D eigenvalue weighted by Gasteiger charge is -2.22. The number of ketones is 1. The molecule has 1 aromatic heterocycles. The highest BCUT2D eigenvalue weighted by Crippen LogP contribution is 2.34. The van der Waals surface area contributed by atoms with Gasteiger partial charge in [-0.15, -0.1) is 0 Å². The molecule has 7 heteroatoms. The minimum atomic E-state index is -0.616. The Labute approximate surface area is 133 Å². The Morgan fingerprint density at radius 1 is 1.26 bits per heavy atom. The van der Waals surface area contributed by atoms with Crippen LogP contribution in [0.3, 0.4) is 0 Å². The monoisotopic (exact) mass is 318 g/mol. The van der Waals surface area contributed by atoms with Gasteiger partial charge in [0.2, 0.25) is 0 Å². The molecule has 2 aliphatic heterocycles. The zero-order valence-electron chi connectivity index (χ0n) is 13.0. The highest BCUT2D eigenvalue weighted by molar-refractivity contribution is 6.09. The first-order valence-corrected chi connectivity index (χ1v) is 7.86. The molecule has 1 aliphatic carbocycles. The molecule has 0 saturated carbocycles. The average Bonchev–Trinajstić information content (AvgIpc) is 3.18. The number of likely N-dealkylation sites (N-methyl/N-ethyl adjacent to an activating group) is 1. The lowest BCUT2D eigenvalue weighted by atomic mass is 9.94. The standard InChI is InChI=1S/C16H18N2O5/c1-17-8-16(23-15(17)21)5-6-18(9-16)14(20)10-7-22-12-4-2-3-11(19)13(10)12/h7H,2-6,8-9H2,1H3/t16-/m1/s1. The SMILES string of the molecule is CN1C[C@@]2(CCN(C(=O)c3coc4c3C(=O)CCC4)C2)OC1=O. The van der Waals surface area contributed by atoms with E-state index < -0.39 is 5.60 Å². The Balaban J connectivity index is 1.56. The van der Waals surface area contributed by atoms with Crippen LogP contribution in [0.4, 0.5) is 4.79 Å². The average molecular weight is 318 g/mol. The van der Waals surface area contributed by atoms with E-state index in [1.165, 1.54) is 11.2 Å². The molecular formula is C16H18N2O5. The largest absolute Gasteiger partial charge is 0.468 e. The summed E-state index contributed by atoms with van der Waals surface area (Å²) in [5.74, 6) is 0.377. The molecule has 1 aromatic rings. The molecule has 7 nitrogen and oxygen atoms in total. The summed E-state index contributed by atoms with van der Waals surface area (Å²) in [5, 5.41) is 0.